The Labute approximate surface area is 126 Å². The normalized spacial score (nSPS) is 15.5. The van der Waals surface area contributed by atoms with Crippen LogP contribution in [0.3, 0.4) is 0 Å². The number of methoxy groups -OCH3 is 1. The Kier molecular flexibility index (Phi) is 5.45. The molecule has 1 aromatic heterocycles. The average molecular weight is 323 g/mol. The third-order valence-corrected chi connectivity index (χ3v) is 4.43. The molecule has 0 amide bonds. The lowest BCUT2D eigenvalue weighted by molar-refractivity contribution is -0.120. The molecule has 120 valence electrons. The molecule has 0 saturated heterocycles. The van der Waals surface area contributed by atoms with E-state index in [-0.39, 0.29) is 6.04 Å². The number of alkyl halides is 3. The van der Waals surface area contributed by atoms with Crippen molar-refractivity contribution in [1.82, 2.24) is 10.3 Å². The van der Waals surface area contributed by atoms with Crippen molar-refractivity contribution < 1.29 is 17.9 Å². The zero-order chi connectivity index (χ0) is 15.5. The van der Waals surface area contributed by atoms with Crippen molar-refractivity contribution in [2.45, 2.75) is 38.5 Å². The van der Waals surface area contributed by atoms with Crippen molar-refractivity contribution in [3.63, 3.8) is 0 Å². The minimum Gasteiger partial charge on any atom is -0.383 e. The molecule has 8 heteroatoms. The number of hydrogen-bond acceptors (Lipinski definition) is 5. The first kappa shape index (κ1) is 16.5. The molecule has 1 fully saturated rings. The maximum Gasteiger partial charge on any atom is 0.406 e. The van der Waals surface area contributed by atoms with E-state index in [1.54, 1.807) is 7.11 Å². The third-order valence-electron chi connectivity index (χ3n) is 3.23. The van der Waals surface area contributed by atoms with Crippen molar-refractivity contribution in [3.05, 3.63) is 10.6 Å². The molecule has 0 aliphatic heterocycles. The molecule has 1 aliphatic rings. The second-order valence-electron chi connectivity index (χ2n) is 5.15. The van der Waals surface area contributed by atoms with Gasteiger partial charge in [-0.2, -0.15) is 13.2 Å². The van der Waals surface area contributed by atoms with E-state index in [0.717, 1.165) is 23.4 Å². The Morgan fingerprint density at radius 3 is 2.71 bits per heavy atom. The van der Waals surface area contributed by atoms with E-state index in [2.05, 4.69) is 10.3 Å². The second kappa shape index (κ2) is 6.93. The van der Waals surface area contributed by atoms with E-state index < -0.39 is 12.7 Å². The largest absolute Gasteiger partial charge is 0.406 e. The molecule has 1 saturated carbocycles. The lowest BCUT2D eigenvalue weighted by Crippen LogP contribution is -2.35. The van der Waals surface area contributed by atoms with Gasteiger partial charge < -0.3 is 15.0 Å². The number of nitrogens with zero attached hydrogens (tertiary/aromatic N) is 2. The number of rotatable bonds is 8. The van der Waals surface area contributed by atoms with Crippen LogP contribution >= 0.6 is 11.3 Å². The summed E-state index contributed by atoms with van der Waals surface area (Å²) in [7, 11) is 1.63. The average Bonchev–Trinajstić information content (AvgIpc) is 3.16. The highest BCUT2D eigenvalue weighted by Crippen LogP contribution is 2.37. The Morgan fingerprint density at radius 1 is 1.43 bits per heavy atom. The Bertz CT molecular complexity index is 460. The van der Waals surface area contributed by atoms with Crippen molar-refractivity contribution in [1.29, 1.82) is 0 Å². The molecule has 21 heavy (non-hydrogen) atoms. The number of halogens is 3. The molecule has 0 aromatic carbocycles. The highest BCUT2D eigenvalue weighted by Gasteiger charge is 2.39. The van der Waals surface area contributed by atoms with Crippen molar-refractivity contribution >= 4 is 16.5 Å². The summed E-state index contributed by atoms with van der Waals surface area (Å²) in [6, 6.07) is -0.00789. The van der Waals surface area contributed by atoms with Crippen molar-refractivity contribution in [2.75, 3.05) is 31.7 Å². The molecule has 0 unspecified atom stereocenters. The van der Waals surface area contributed by atoms with Crippen LogP contribution in [0.2, 0.25) is 0 Å². The third kappa shape index (κ3) is 5.12. The summed E-state index contributed by atoms with van der Waals surface area (Å²) in [6.45, 7) is 2.84. The van der Waals surface area contributed by atoms with Crippen LogP contribution in [0.5, 0.6) is 0 Å². The van der Waals surface area contributed by atoms with Gasteiger partial charge >= 0.3 is 6.18 Å². The second-order valence-corrected chi connectivity index (χ2v) is 6.21. The zero-order valence-electron chi connectivity index (χ0n) is 12.2. The van der Waals surface area contributed by atoms with Gasteiger partial charge in [-0.15, -0.1) is 11.3 Å². The molecule has 1 N–H and O–H groups in total. The van der Waals surface area contributed by atoms with E-state index in [1.807, 2.05) is 6.92 Å². The molecular weight excluding hydrogens is 303 g/mol. The molecule has 0 bridgehead atoms. The lowest BCUT2D eigenvalue weighted by Gasteiger charge is -2.22. The van der Waals surface area contributed by atoms with Crippen LogP contribution in [-0.4, -0.2) is 44.0 Å². The van der Waals surface area contributed by atoms with Gasteiger partial charge in [0.1, 0.15) is 6.54 Å². The summed E-state index contributed by atoms with van der Waals surface area (Å²) < 4.78 is 43.0. The van der Waals surface area contributed by atoms with E-state index in [9.17, 15) is 13.2 Å². The van der Waals surface area contributed by atoms with Crippen LogP contribution in [0, 0.1) is 6.92 Å². The van der Waals surface area contributed by atoms with Crippen LogP contribution in [0.25, 0.3) is 0 Å². The van der Waals surface area contributed by atoms with Crippen molar-refractivity contribution in [2.24, 2.45) is 0 Å². The topological polar surface area (TPSA) is 37.4 Å². The first-order valence-electron chi connectivity index (χ1n) is 6.90. The first-order chi connectivity index (χ1) is 9.90. The van der Waals surface area contributed by atoms with Crippen LogP contribution in [-0.2, 0) is 11.3 Å². The molecule has 1 aliphatic carbocycles. The van der Waals surface area contributed by atoms with Crippen LogP contribution in [0.1, 0.15) is 23.4 Å². The number of anilines is 1. The number of thiazole rings is 1. The number of aromatic nitrogens is 1. The molecule has 1 heterocycles. The van der Waals surface area contributed by atoms with E-state index in [4.69, 9.17) is 4.74 Å². The summed E-state index contributed by atoms with van der Waals surface area (Å²) in [5, 5.41) is 3.68. The summed E-state index contributed by atoms with van der Waals surface area (Å²) >= 11 is 1.35. The highest BCUT2D eigenvalue weighted by molar-refractivity contribution is 7.15. The van der Waals surface area contributed by atoms with Gasteiger partial charge in [-0.1, -0.05) is 0 Å². The fourth-order valence-electron chi connectivity index (χ4n) is 2.01. The van der Waals surface area contributed by atoms with Gasteiger partial charge in [-0.25, -0.2) is 4.98 Å². The molecule has 0 radical (unpaired) electrons. The summed E-state index contributed by atoms with van der Waals surface area (Å²) in [5.41, 5.74) is 0.799. The van der Waals surface area contributed by atoms with Crippen LogP contribution < -0.4 is 10.2 Å². The van der Waals surface area contributed by atoms with Gasteiger partial charge in [0, 0.05) is 31.1 Å². The summed E-state index contributed by atoms with van der Waals surface area (Å²) in [5.74, 6) is 0. The maximum absolute atomic E-state index is 12.7. The van der Waals surface area contributed by atoms with Gasteiger partial charge in [0.15, 0.2) is 5.13 Å². The smallest absolute Gasteiger partial charge is 0.383 e. The fourth-order valence-corrected chi connectivity index (χ4v) is 3.11. The Balaban J connectivity index is 2.01. The first-order valence-corrected chi connectivity index (χ1v) is 7.71. The molecule has 0 atom stereocenters. The highest BCUT2D eigenvalue weighted by atomic mass is 32.1. The monoisotopic (exact) mass is 323 g/mol. The molecular formula is C13H20F3N3OS. The van der Waals surface area contributed by atoms with Gasteiger partial charge in [-0.3, -0.25) is 0 Å². The van der Waals surface area contributed by atoms with Crippen LogP contribution in [0.15, 0.2) is 0 Å². The van der Waals surface area contributed by atoms with Gasteiger partial charge in [0.2, 0.25) is 0 Å². The van der Waals surface area contributed by atoms with E-state index >= 15 is 0 Å². The number of nitrogens with one attached hydrogen (secondary N) is 1. The minimum absolute atomic E-state index is 0.00789. The van der Waals surface area contributed by atoms with E-state index in [1.165, 1.54) is 16.2 Å². The van der Waals surface area contributed by atoms with Crippen LogP contribution in [0.4, 0.5) is 18.3 Å². The predicted octanol–water partition coefficient (Wildman–Crippen LogP) is 2.72. The summed E-state index contributed by atoms with van der Waals surface area (Å²) in [6.07, 6.45) is -2.56. The Morgan fingerprint density at radius 2 is 2.14 bits per heavy atom. The van der Waals surface area contributed by atoms with Gasteiger partial charge in [0.25, 0.3) is 0 Å². The van der Waals surface area contributed by atoms with Gasteiger partial charge in [-0.05, 0) is 19.8 Å². The number of hydrogen-bond donors (Lipinski definition) is 1. The van der Waals surface area contributed by atoms with Gasteiger partial charge in [0.05, 0.1) is 12.3 Å². The standard InChI is InChI=1S/C13H20F3N3OS/c1-9-11(7-17-5-6-20-2)21-12(18-9)19(10-3-4-10)8-13(14,15)16/h10,17H,3-8H2,1-2H3. The van der Waals surface area contributed by atoms with Crippen molar-refractivity contribution in [3.8, 4) is 0 Å². The molecule has 0 spiro atoms. The fraction of sp³-hybridized carbons (Fsp3) is 0.769. The molecule has 4 nitrogen and oxygen atoms in total. The number of aryl methyl sites for hydroxylation is 1. The lowest BCUT2D eigenvalue weighted by atomic mass is 10.4. The minimum atomic E-state index is -4.20. The quantitative estimate of drug-likeness (QED) is 0.747. The predicted molar refractivity (Wildman–Crippen MR) is 76.9 cm³/mol. The Hall–Kier alpha value is -0.860. The maximum atomic E-state index is 12.7. The van der Waals surface area contributed by atoms with E-state index in [0.29, 0.717) is 24.8 Å². The SMILES string of the molecule is COCCNCc1sc(N(CC(F)(F)F)C2CC2)nc1C. The summed E-state index contributed by atoms with van der Waals surface area (Å²) in [4.78, 5) is 6.71. The molecule has 2 rings (SSSR count). The molecule has 1 aromatic rings. The number of ether oxygens (including phenoxy) is 1. The zero-order valence-corrected chi connectivity index (χ0v) is 13.0.